The number of nitrogens with one attached hydrogen (secondary N) is 2. The first-order chi connectivity index (χ1) is 9.22. The van der Waals surface area contributed by atoms with Crippen molar-refractivity contribution in [2.45, 2.75) is 6.42 Å². The number of carbonyl (C=O) groups excluding carboxylic acids is 1. The molecule has 5 nitrogen and oxygen atoms in total. The zero-order valence-corrected chi connectivity index (χ0v) is 10.7. The Bertz CT molecular complexity index is 702. The predicted octanol–water partition coefficient (Wildman–Crippen LogP) is 2.48. The fourth-order valence-electron chi connectivity index (χ4n) is 1.98. The molecule has 96 valence electrons. The number of fused-ring (bicyclic) bond motifs is 1. The van der Waals surface area contributed by atoms with E-state index >= 15 is 0 Å². The van der Waals surface area contributed by atoms with Crippen LogP contribution in [0.5, 0.6) is 0 Å². The molecular formula is C13H11ClN4O. The van der Waals surface area contributed by atoms with E-state index in [9.17, 15) is 4.79 Å². The smallest absolute Gasteiger partial charge is 0.226 e. The van der Waals surface area contributed by atoms with Crippen LogP contribution in [-0.2, 0) is 4.79 Å². The lowest BCUT2D eigenvalue weighted by atomic mass is 10.1. The molecule has 0 radical (unpaired) electrons. The van der Waals surface area contributed by atoms with E-state index in [1.54, 1.807) is 12.3 Å². The molecule has 2 aromatic rings. The number of anilines is 1. The van der Waals surface area contributed by atoms with E-state index in [4.69, 9.17) is 11.6 Å². The van der Waals surface area contributed by atoms with Crippen LogP contribution < -0.4 is 5.32 Å². The van der Waals surface area contributed by atoms with Crippen LogP contribution in [0.25, 0.3) is 11.0 Å². The summed E-state index contributed by atoms with van der Waals surface area (Å²) in [5.41, 5.74) is 1.61. The largest absolute Gasteiger partial charge is 0.365 e. The Morgan fingerprint density at radius 2 is 2.32 bits per heavy atom. The molecule has 0 spiro atoms. The van der Waals surface area contributed by atoms with Gasteiger partial charge in [-0.05, 0) is 29.3 Å². The summed E-state index contributed by atoms with van der Waals surface area (Å²) in [7, 11) is 0. The second-order valence-electron chi connectivity index (χ2n) is 4.23. The Hall–Kier alpha value is -2.14. The van der Waals surface area contributed by atoms with Gasteiger partial charge in [0.25, 0.3) is 0 Å². The monoisotopic (exact) mass is 274 g/mol. The van der Waals surface area contributed by atoms with Crippen molar-refractivity contribution in [1.82, 2.24) is 15.0 Å². The highest BCUT2D eigenvalue weighted by Gasteiger charge is 2.09. The van der Waals surface area contributed by atoms with Gasteiger partial charge in [0.05, 0.1) is 5.39 Å². The normalized spacial score (nSPS) is 14.8. The summed E-state index contributed by atoms with van der Waals surface area (Å²) in [6, 6.07) is 1.88. The molecule has 1 aliphatic carbocycles. The minimum absolute atomic E-state index is 0.117. The topological polar surface area (TPSA) is 70.7 Å². The molecule has 0 bridgehead atoms. The lowest BCUT2D eigenvalue weighted by Gasteiger charge is -2.09. The van der Waals surface area contributed by atoms with E-state index < -0.39 is 0 Å². The number of hydrogen-bond donors (Lipinski definition) is 2. The lowest BCUT2D eigenvalue weighted by Crippen LogP contribution is -2.09. The van der Waals surface area contributed by atoms with Gasteiger partial charge < -0.3 is 10.3 Å². The maximum atomic E-state index is 11.3. The van der Waals surface area contributed by atoms with Crippen molar-refractivity contribution in [2.75, 3.05) is 11.9 Å². The number of ketones is 1. The minimum atomic E-state index is 0.117. The van der Waals surface area contributed by atoms with Crippen molar-refractivity contribution in [1.29, 1.82) is 0 Å². The van der Waals surface area contributed by atoms with Gasteiger partial charge in [-0.3, -0.25) is 4.79 Å². The lowest BCUT2D eigenvalue weighted by molar-refractivity contribution is -0.113. The number of H-pyrrole nitrogens is 1. The molecule has 1 aliphatic rings. The summed E-state index contributed by atoms with van der Waals surface area (Å²) >= 11 is 5.86. The zero-order valence-electron chi connectivity index (χ0n) is 9.98. The Morgan fingerprint density at radius 3 is 3.16 bits per heavy atom. The number of aromatic amines is 1. The first-order valence-electron chi connectivity index (χ1n) is 5.87. The summed E-state index contributed by atoms with van der Waals surface area (Å²) in [6.45, 7) is 0.524. The van der Waals surface area contributed by atoms with Gasteiger partial charge in [-0.2, -0.15) is 4.98 Å². The summed E-state index contributed by atoms with van der Waals surface area (Å²) in [5, 5.41) is 4.23. The fourth-order valence-corrected chi connectivity index (χ4v) is 2.15. The van der Waals surface area contributed by atoms with Crippen molar-refractivity contribution in [3.05, 3.63) is 41.3 Å². The van der Waals surface area contributed by atoms with Crippen molar-refractivity contribution in [3.8, 4) is 0 Å². The zero-order chi connectivity index (χ0) is 13.2. The average Bonchev–Trinajstić information content (AvgIpc) is 2.84. The second-order valence-corrected chi connectivity index (χ2v) is 4.56. The average molecular weight is 275 g/mol. The molecule has 0 unspecified atom stereocenters. The number of nitrogens with zero attached hydrogens (tertiary/aromatic N) is 2. The van der Waals surface area contributed by atoms with Crippen molar-refractivity contribution in [2.24, 2.45) is 0 Å². The molecule has 0 saturated carbocycles. The fraction of sp³-hybridized carbons (Fsp3) is 0.154. The van der Waals surface area contributed by atoms with E-state index in [1.807, 2.05) is 18.2 Å². The Kier molecular flexibility index (Phi) is 3.05. The van der Waals surface area contributed by atoms with Crippen LogP contribution in [0.4, 0.5) is 5.82 Å². The van der Waals surface area contributed by atoms with Gasteiger partial charge in [-0.1, -0.05) is 12.2 Å². The standard InChI is InChI=1S/C13H11ClN4O/c14-13-17-11-10(4-5-15-11)12(18-13)16-7-8-2-1-3-9(19)6-8/h1-2,4-6H,3,7H2,(H2,15,16,17,18). The van der Waals surface area contributed by atoms with Crippen LogP contribution in [0.2, 0.25) is 5.28 Å². The second kappa shape index (κ2) is 4.85. The van der Waals surface area contributed by atoms with Crippen molar-refractivity contribution >= 4 is 34.2 Å². The summed E-state index contributed by atoms with van der Waals surface area (Å²) in [5.74, 6) is 0.774. The molecule has 0 aliphatic heterocycles. The van der Waals surface area contributed by atoms with Gasteiger partial charge in [0.15, 0.2) is 5.78 Å². The molecule has 2 aromatic heterocycles. The number of carbonyl (C=O) groups is 1. The first-order valence-corrected chi connectivity index (χ1v) is 6.24. The summed E-state index contributed by atoms with van der Waals surface area (Å²) < 4.78 is 0. The molecule has 19 heavy (non-hydrogen) atoms. The Labute approximate surface area is 114 Å². The molecule has 0 atom stereocenters. The van der Waals surface area contributed by atoms with Crippen molar-refractivity contribution < 1.29 is 4.79 Å². The minimum Gasteiger partial charge on any atom is -0.365 e. The van der Waals surface area contributed by atoms with Gasteiger partial charge in [0.2, 0.25) is 5.28 Å². The molecule has 6 heteroatoms. The molecule has 0 saturated heterocycles. The SMILES string of the molecule is O=C1C=C(CNc2nc(Cl)nc3[nH]ccc23)C=CC1. The van der Waals surface area contributed by atoms with Gasteiger partial charge in [0.1, 0.15) is 11.5 Å². The highest BCUT2D eigenvalue weighted by Crippen LogP contribution is 2.21. The van der Waals surface area contributed by atoms with Gasteiger partial charge in [0, 0.05) is 19.2 Å². The van der Waals surface area contributed by atoms with E-state index in [0.29, 0.717) is 24.4 Å². The van der Waals surface area contributed by atoms with Crippen LogP contribution in [0.1, 0.15) is 6.42 Å². The number of hydrogen-bond acceptors (Lipinski definition) is 4. The maximum Gasteiger partial charge on any atom is 0.226 e. The number of halogens is 1. The third-order valence-electron chi connectivity index (χ3n) is 2.85. The molecule has 0 amide bonds. The molecule has 0 fully saturated rings. The predicted molar refractivity (Wildman–Crippen MR) is 74.2 cm³/mol. The van der Waals surface area contributed by atoms with Crippen molar-refractivity contribution in [3.63, 3.8) is 0 Å². The third kappa shape index (κ3) is 2.51. The molecule has 0 aromatic carbocycles. The highest BCUT2D eigenvalue weighted by molar-refractivity contribution is 6.28. The highest BCUT2D eigenvalue weighted by atomic mass is 35.5. The summed E-state index contributed by atoms with van der Waals surface area (Å²) in [6.07, 6.45) is 7.70. The van der Waals surface area contributed by atoms with Crippen LogP contribution in [0, 0.1) is 0 Å². The molecule has 2 heterocycles. The quantitative estimate of drug-likeness (QED) is 0.844. The first kappa shape index (κ1) is 11.9. The van der Waals surface area contributed by atoms with E-state index in [1.165, 1.54) is 0 Å². The van der Waals surface area contributed by atoms with Crippen LogP contribution >= 0.6 is 11.6 Å². The molecular weight excluding hydrogens is 264 g/mol. The Morgan fingerprint density at radius 1 is 1.42 bits per heavy atom. The maximum absolute atomic E-state index is 11.3. The van der Waals surface area contributed by atoms with E-state index in [-0.39, 0.29) is 11.1 Å². The van der Waals surface area contributed by atoms with Gasteiger partial charge in [-0.15, -0.1) is 0 Å². The van der Waals surface area contributed by atoms with Gasteiger partial charge in [-0.25, -0.2) is 4.98 Å². The van der Waals surface area contributed by atoms with Crippen LogP contribution in [0.15, 0.2) is 36.1 Å². The molecule has 2 N–H and O–H groups in total. The summed E-state index contributed by atoms with van der Waals surface area (Å²) in [4.78, 5) is 22.5. The van der Waals surface area contributed by atoms with E-state index in [2.05, 4.69) is 20.3 Å². The van der Waals surface area contributed by atoms with Crippen LogP contribution in [-0.4, -0.2) is 27.3 Å². The third-order valence-corrected chi connectivity index (χ3v) is 3.01. The number of allylic oxidation sites excluding steroid dienone is 2. The van der Waals surface area contributed by atoms with Gasteiger partial charge >= 0.3 is 0 Å². The number of rotatable bonds is 3. The van der Waals surface area contributed by atoms with E-state index in [0.717, 1.165) is 11.0 Å². The van der Waals surface area contributed by atoms with Crippen LogP contribution in [0.3, 0.4) is 0 Å². The molecule has 3 rings (SSSR count). The Balaban J connectivity index is 1.84. The number of aromatic nitrogens is 3.